The van der Waals surface area contributed by atoms with E-state index in [0.717, 1.165) is 17.5 Å². The Labute approximate surface area is 140 Å². The van der Waals surface area contributed by atoms with Gasteiger partial charge in [-0.15, -0.1) is 0 Å². The maximum absolute atomic E-state index is 14.2. The predicted molar refractivity (Wildman–Crippen MR) is 88.7 cm³/mol. The van der Waals surface area contributed by atoms with Crippen molar-refractivity contribution < 1.29 is 18.3 Å². The number of nitrogens with one attached hydrogen (secondary N) is 1. The van der Waals surface area contributed by atoms with E-state index in [4.69, 9.17) is 9.47 Å². The molecule has 3 nitrogen and oxygen atoms in total. The van der Waals surface area contributed by atoms with Crippen LogP contribution >= 0.6 is 0 Å². The third-order valence-electron chi connectivity index (χ3n) is 4.15. The van der Waals surface area contributed by atoms with Crippen LogP contribution < -0.4 is 14.8 Å². The number of rotatable bonds is 5. The fourth-order valence-corrected chi connectivity index (χ4v) is 3.14. The van der Waals surface area contributed by atoms with Crippen LogP contribution in [0.5, 0.6) is 11.5 Å². The monoisotopic (exact) mass is 333 g/mol. The minimum absolute atomic E-state index is 0.0464. The molecule has 0 spiro atoms. The van der Waals surface area contributed by atoms with Gasteiger partial charge in [0.25, 0.3) is 0 Å². The molecule has 2 aromatic rings. The molecule has 5 heteroatoms. The zero-order chi connectivity index (χ0) is 17.1. The zero-order valence-corrected chi connectivity index (χ0v) is 13.9. The van der Waals surface area contributed by atoms with Gasteiger partial charge in [-0.05, 0) is 55.7 Å². The molecule has 0 aliphatic carbocycles. The van der Waals surface area contributed by atoms with Gasteiger partial charge in [0, 0.05) is 12.1 Å². The summed E-state index contributed by atoms with van der Waals surface area (Å²) in [7, 11) is 0. The normalized spacial score (nSPS) is 16.6. The number of hydrogen-bond donors (Lipinski definition) is 1. The van der Waals surface area contributed by atoms with Crippen molar-refractivity contribution in [2.75, 3.05) is 19.8 Å². The molecule has 1 atom stereocenters. The van der Waals surface area contributed by atoms with Gasteiger partial charge >= 0.3 is 0 Å². The van der Waals surface area contributed by atoms with Gasteiger partial charge in [-0.3, -0.25) is 0 Å². The largest absolute Gasteiger partial charge is 0.490 e. The Balaban J connectivity index is 2.11. The molecule has 0 saturated carbocycles. The molecule has 0 bridgehead atoms. The second kappa shape index (κ2) is 7.18. The van der Waals surface area contributed by atoms with Crippen molar-refractivity contribution in [3.63, 3.8) is 0 Å². The highest BCUT2D eigenvalue weighted by molar-refractivity contribution is 5.52. The fraction of sp³-hybridized carbons (Fsp3) is 0.368. The van der Waals surface area contributed by atoms with Gasteiger partial charge in [0.05, 0.1) is 19.3 Å². The minimum atomic E-state index is -0.549. The molecule has 1 N–H and O–H groups in total. The minimum Gasteiger partial charge on any atom is -0.490 e. The van der Waals surface area contributed by atoms with Gasteiger partial charge in [-0.2, -0.15) is 0 Å². The molecule has 1 unspecified atom stereocenters. The summed E-state index contributed by atoms with van der Waals surface area (Å²) in [5, 5.41) is 3.22. The lowest BCUT2D eigenvalue weighted by molar-refractivity contribution is 0.286. The van der Waals surface area contributed by atoms with Crippen molar-refractivity contribution in [1.82, 2.24) is 5.32 Å². The maximum Gasteiger partial charge on any atom is 0.161 e. The van der Waals surface area contributed by atoms with Gasteiger partial charge in [0.1, 0.15) is 11.6 Å². The summed E-state index contributed by atoms with van der Waals surface area (Å²) in [5.74, 6) is 0.177. The first-order chi connectivity index (χ1) is 11.7. The Kier molecular flexibility index (Phi) is 5.00. The summed E-state index contributed by atoms with van der Waals surface area (Å²) < 4.78 is 39.8. The Bertz CT molecular complexity index is 713. The number of benzene rings is 2. The van der Waals surface area contributed by atoms with E-state index in [0.29, 0.717) is 31.3 Å². The Morgan fingerprint density at radius 1 is 1.04 bits per heavy atom. The van der Waals surface area contributed by atoms with Crippen molar-refractivity contribution in [2.24, 2.45) is 0 Å². The molecule has 0 amide bonds. The summed E-state index contributed by atoms with van der Waals surface area (Å²) in [6.45, 7) is 5.47. The van der Waals surface area contributed by atoms with Crippen LogP contribution in [0.3, 0.4) is 0 Å². The molecule has 0 aromatic heterocycles. The zero-order valence-electron chi connectivity index (χ0n) is 13.9. The van der Waals surface area contributed by atoms with Crippen molar-refractivity contribution >= 4 is 0 Å². The van der Waals surface area contributed by atoms with Gasteiger partial charge < -0.3 is 14.8 Å². The van der Waals surface area contributed by atoms with Crippen LogP contribution in [0.25, 0.3) is 0 Å². The van der Waals surface area contributed by atoms with Crippen molar-refractivity contribution in [3.05, 3.63) is 58.7 Å². The summed E-state index contributed by atoms with van der Waals surface area (Å²) in [6, 6.07) is 7.17. The lowest BCUT2D eigenvalue weighted by Gasteiger charge is -2.29. The van der Waals surface area contributed by atoms with E-state index < -0.39 is 17.7 Å². The van der Waals surface area contributed by atoms with E-state index in [1.54, 1.807) is 0 Å². The maximum atomic E-state index is 14.2. The number of halogens is 2. The third kappa shape index (κ3) is 3.08. The first kappa shape index (κ1) is 16.7. The van der Waals surface area contributed by atoms with Crippen LogP contribution in [0, 0.1) is 11.6 Å². The molecular formula is C19H21F2NO2. The summed E-state index contributed by atoms with van der Waals surface area (Å²) in [4.78, 5) is 0. The molecule has 2 aromatic carbocycles. The van der Waals surface area contributed by atoms with Gasteiger partial charge in [0.2, 0.25) is 0 Å². The lowest BCUT2D eigenvalue weighted by Crippen LogP contribution is -2.32. The van der Waals surface area contributed by atoms with Crippen LogP contribution in [0.2, 0.25) is 0 Å². The van der Waals surface area contributed by atoms with E-state index in [9.17, 15) is 8.78 Å². The topological polar surface area (TPSA) is 30.5 Å². The number of hydrogen-bond acceptors (Lipinski definition) is 3. The Morgan fingerprint density at radius 3 is 2.29 bits per heavy atom. The third-order valence-corrected chi connectivity index (χ3v) is 4.15. The highest BCUT2D eigenvalue weighted by Crippen LogP contribution is 2.38. The molecule has 1 aliphatic heterocycles. The van der Waals surface area contributed by atoms with Crippen molar-refractivity contribution in [3.8, 4) is 11.5 Å². The predicted octanol–water partition coefficient (Wildman–Crippen LogP) is 4.00. The van der Waals surface area contributed by atoms with E-state index >= 15 is 0 Å². The second-order valence-corrected chi connectivity index (χ2v) is 5.64. The SMILES string of the molecule is CCOc1cc2c(cc1OCC)C(c1c(F)cccc1F)NCC2. The summed E-state index contributed by atoms with van der Waals surface area (Å²) in [6.07, 6.45) is 0.772. The van der Waals surface area contributed by atoms with E-state index in [1.807, 2.05) is 26.0 Å². The first-order valence-electron chi connectivity index (χ1n) is 8.25. The van der Waals surface area contributed by atoms with E-state index in [1.165, 1.54) is 18.2 Å². The quantitative estimate of drug-likeness (QED) is 0.897. The van der Waals surface area contributed by atoms with E-state index in [2.05, 4.69) is 5.32 Å². The highest BCUT2D eigenvalue weighted by atomic mass is 19.1. The first-order valence-corrected chi connectivity index (χ1v) is 8.25. The molecule has 3 rings (SSSR count). The lowest BCUT2D eigenvalue weighted by atomic mass is 9.89. The molecule has 0 saturated heterocycles. The summed E-state index contributed by atoms with van der Waals surface area (Å²) in [5.41, 5.74) is 1.90. The second-order valence-electron chi connectivity index (χ2n) is 5.64. The average Bonchev–Trinajstić information content (AvgIpc) is 2.56. The van der Waals surface area contributed by atoms with Crippen LogP contribution in [0.4, 0.5) is 8.78 Å². The van der Waals surface area contributed by atoms with Crippen molar-refractivity contribution in [2.45, 2.75) is 26.3 Å². The molecule has 0 fully saturated rings. The molecular weight excluding hydrogens is 312 g/mol. The molecule has 24 heavy (non-hydrogen) atoms. The number of ether oxygens (including phenoxy) is 2. The van der Waals surface area contributed by atoms with Crippen LogP contribution in [-0.4, -0.2) is 19.8 Å². The Hall–Kier alpha value is -2.14. The van der Waals surface area contributed by atoms with E-state index in [-0.39, 0.29) is 5.56 Å². The Morgan fingerprint density at radius 2 is 1.67 bits per heavy atom. The van der Waals surface area contributed by atoms with Crippen LogP contribution in [-0.2, 0) is 6.42 Å². The van der Waals surface area contributed by atoms with Gasteiger partial charge in [-0.25, -0.2) is 8.78 Å². The molecule has 128 valence electrons. The van der Waals surface area contributed by atoms with Gasteiger partial charge in [0.15, 0.2) is 11.5 Å². The standard InChI is InChI=1S/C19H21F2NO2/c1-3-23-16-10-12-8-9-22-19(13(12)11-17(16)24-4-2)18-14(20)6-5-7-15(18)21/h5-7,10-11,19,22H,3-4,8-9H2,1-2H3. The molecule has 1 heterocycles. The van der Waals surface area contributed by atoms with Gasteiger partial charge in [-0.1, -0.05) is 6.07 Å². The molecule has 1 aliphatic rings. The highest BCUT2D eigenvalue weighted by Gasteiger charge is 2.28. The van der Waals surface area contributed by atoms with Crippen LogP contribution in [0.15, 0.2) is 30.3 Å². The van der Waals surface area contributed by atoms with Crippen LogP contribution in [0.1, 0.15) is 36.6 Å². The van der Waals surface area contributed by atoms with Crippen molar-refractivity contribution in [1.29, 1.82) is 0 Å². The number of fused-ring (bicyclic) bond motifs is 1. The summed E-state index contributed by atoms with van der Waals surface area (Å²) >= 11 is 0. The fourth-order valence-electron chi connectivity index (χ4n) is 3.14. The average molecular weight is 333 g/mol. The smallest absolute Gasteiger partial charge is 0.161 e. The molecule has 0 radical (unpaired) electrons.